The highest BCUT2D eigenvalue weighted by Gasteiger charge is 2.20. The van der Waals surface area contributed by atoms with Gasteiger partial charge in [-0.1, -0.05) is 23.9 Å². The van der Waals surface area contributed by atoms with Crippen LogP contribution >= 0.6 is 11.8 Å². The Morgan fingerprint density at radius 3 is 2.67 bits per heavy atom. The minimum absolute atomic E-state index is 0.0431. The molecule has 0 saturated heterocycles. The standard InChI is InChI=1S/C14H14N4O5S/c1-7(24-12-11(20)16-14(22)18-17-12)10(19)15-9-6-4-3-5-8(9)13(21)23-2/h3-7H,1-2H3,(H,15,19)(H2,16,18,20,22). The number of nitrogens with one attached hydrogen (secondary N) is 3. The molecule has 0 bridgehead atoms. The Labute approximate surface area is 139 Å². The van der Waals surface area contributed by atoms with Gasteiger partial charge in [-0.3, -0.25) is 14.6 Å². The van der Waals surface area contributed by atoms with Crippen molar-refractivity contribution < 1.29 is 14.3 Å². The van der Waals surface area contributed by atoms with E-state index >= 15 is 0 Å². The fourth-order valence-corrected chi connectivity index (χ4v) is 2.51. The van der Waals surface area contributed by atoms with Crippen LogP contribution in [0, 0.1) is 0 Å². The average Bonchev–Trinajstić information content (AvgIpc) is 2.57. The molecule has 0 fully saturated rings. The Bertz CT molecular complexity index is 876. The zero-order valence-electron chi connectivity index (χ0n) is 12.8. The molecule has 0 radical (unpaired) electrons. The van der Waals surface area contributed by atoms with Crippen LogP contribution in [-0.2, 0) is 9.53 Å². The molecule has 24 heavy (non-hydrogen) atoms. The zero-order valence-corrected chi connectivity index (χ0v) is 13.6. The van der Waals surface area contributed by atoms with Gasteiger partial charge in [0.25, 0.3) is 5.56 Å². The lowest BCUT2D eigenvalue weighted by Crippen LogP contribution is -2.28. The molecule has 1 aromatic heterocycles. The van der Waals surface area contributed by atoms with Crippen LogP contribution in [-0.4, -0.2) is 39.4 Å². The van der Waals surface area contributed by atoms with Crippen molar-refractivity contribution in [3.63, 3.8) is 0 Å². The van der Waals surface area contributed by atoms with Crippen LogP contribution < -0.4 is 16.6 Å². The van der Waals surface area contributed by atoms with E-state index in [2.05, 4.69) is 20.3 Å². The Morgan fingerprint density at radius 2 is 2.00 bits per heavy atom. The normalized spacial score (nSPS) is 11.6. The van der Waals surface area contributed by atoms with E-state index in [1.165, 1.54) is 13.2 Å². The van der Waals surface area contributed by atoms with Crippen LogP contribution in [0.4, 0.5) is 5.69 Å². The largest absolute Gasteiger partial charge is 0.465 e. The number of esters is 1. The zero-order chi connectivity index (χ0) is 17.7. The number of ether oxygens (including phenoxy) is 1. The van der Waals surface area contributed by atoms with E-state index in [0.717, 1.165) is 11.8 Å². The predicted molar refractivity (Wildman–Crippen MR) is 87.2 cm³/mol. The third kappa shape index (κ3) is 4.10. The molecule has 2 rings (SSSR count). The van der Waals surface area contributed by atoms with Crippen molar-refractivity contribution in [2.75, 3.05) is 12.4 Å². The second kappa shape index (κ2) is 7.59. The van der Waals surface area contributed by atoms with Crippen LogP contribution in [0.25, 0.3) is 0 Å². The van der Waals surface area contributed by atoms with Crippen molar-refractivity contribution in [1.29, 1.82) is 0 Å². The van der Waals surface area contributed by atoms with Gasteiger partial charge in [-0.05, 0) is 19.1 Å². The molecule has 0 aliphatic rings. The molecule has 126 valence electrons. The van der Waals surface area contributed by atoms with E-state index in [1.807, 2.05) is 4.98 Å². The van der Waals surface area contributed by atoms with Gasteiger partial charge in [0.2, 0.25) is 5.91 Å². The van der Waals surface area contributed by atoms with Crippen molar-refractivity contribution in [1.82, 2.24) is 15.2 Å². The lowest BCUT2D eigenvalue weighted by Gasteiger charge is -2.13. The number of rotatable bonds is 5. The smallest absolute Gasteiger partial charge is 0.342 e. The molecule has 0 spiro atoms. The Kier molecular flexibility index (Phi) is 5.53. The first kappa shape index (κ1) is 17.5. The highest BCUT2D eigenvalue weighted by molar-refractivity contribution is 8.00. The maximum atomic E-state index is 12.3. The SMILES string of the molecule is COC(=O)c1ccccc1NC(=O)C(C)Sc1n[nH]c(=O)[nH]c1=O. The maximum absolute atomic E-state index is 12.3. The summed E-state index contributed by atoms with van der Waals surface area (Å²) >= 11 is 0.873. The number of hydrogen-bond donors (Lipinski definition) is 3. The van der Waals surface area contributed by atoms with Gasteiger partial charge in [-0.15, -0.1) is 0 Å². The molecule has 0 aliphatic heterocycles. The van der Waals surface area contributed by atoms with E-state index < -0.39 is 28.4 Å². The van der Waals surface area contributed by atoms with Gasteiger partial charge in [0.05, 0.1) is 23.6 Å². The minimum Gasteiger partial charge on any atom is -0.465 e. The van der Waals surface area contributed by atoms with E-state index in [0.29, 0.717) is 5.69 Å². The number of thioether (sulfide) groups is 1. The number of benzene rings is 1. The third-order valence-corrected chi connectivity index (χ3v) is 4.00. The summed E-state index contributed by atoms with van der Waals surface area (Å²) in [4.78, 5) is 48.5. The number of H-pyrrole nitrogens is 2. The molecule has 2 aromatic rings. The number of para-hydroxylation sites is 1. The van der Waals surface area contributed by atoms with Crippen LogP contribution in [0.15, 0.2) is 38.9 Å². The first-order chi connectivity index (χ1) is 11.4. The summed E-state index contributed by atoms with van der Waals surface area (Å²) in [6.07, 6.45) is 0. The third-order valence-electron chi connectivity index (χ3n) is 2.93. The summed E-state index contributed by atoms with van der Waals surface area (Å²) < 4.78 is 4.66. The average molecular weight is 350 g/mol. The molecular weight excluding hydrogens is 336 g/mol. The molecular formula is C14H14N4O5S. The van der Waals surface area contributed by atoms with Crippen LogP contribution in [0.1, 0.15) is 17.3 Å². The summed E-state index contributed by atoms with van der Waals surface area (Å²) in [5, 5.41) is 7.55. The number of anilines is 1. The number of hydrogen-bond acceptors (Lipinski definition) is 7. The van der Waals surface area contributed by atoms with E-state index in [9.17, 15) is 19.2 Å². The monoisotopic (exact) mass is 350 g/mol. The van der Waals surface area contributed by atoms with Gasteiger partial charge < -0.3 is 10.1 Å². The predicted octanol–water partition coefficient (Wildman–Crippen LogP) is 0.364. The highest BCUT2D eigenvalue weighted by atomic mass is 32.2. The number of carbonyl (C=O) groups is 2. The first-order valence-corrected chi connectivity index (χ1v) is 7.64. The molecule has 1 atom stereocenters. The first-order valence-electron chi connectivity index (χ1n) is 6.76. The summed E-state index contributed by atoms with van der Waals surface area (Å²) in [5.41, 5.74) is -0.900. The Morgan fingerprint density at radius 1 is 1.29 bits per heavy atom. The van der Waals surface area contributed by atoms with Crippen LogP contribution in [0.3, 0.4) is 0 Å². The molecule has 3 N–H and O–H groups in total. The summed E-state index contributed by atoms with van der Waals surface area (Å²) in [7, 11) is 1.24. The topological polar surface area (TPSA) is 134 Å². The highest BCUT2D eigenvalue weighted by Crippen LogP contribution is 2.21. The quantitative estimate of drug-likeness (QED) is 0.523. The summed E-state index contributed by atoms with van der Waals surface area (Å²) in [5.74, 6) is -1.02. The van der Waals surface area contributed by atoms with Crippen molar-refractivity contribution in [2.24, 2.45) is 0 Å². The Balaban J connectivity index is 2.14. The minimum atomic E-state index is -0.728. The van der Waals surface area contributed by atoms with E-state index in [1.54, 1.807) is 25.1 Å². The molecule has 1 amide bonds. The number of aromatic nitrogens is 3. The lowest BCUT2D eigenvalue weighted by atomic mass is 10.2. The van der Waals surface area contributed by atoms with Crippen LogP contribution in [0.2, 0.25) is 0 Å². The van der Waals surface area contributed by atoms with Crippen molar-refractivity contribution in [3.8, 4) is 0 Å². The molecule has 0 saturated carbocycles. The van der Waals surface area contributed by atoms with Gasteiger partial charge in [-0.25, -0.2) is 14.7 Å². The lowest BCUT2D eigenvalue weighted by molar-refractivity contribution is -0.115. The van der Waals surface area contributed by atoms with Crippen molar-refractivity contribution in [2.45, 2.75) is 17.2 Å². The molecule has 10 heteroatoms. The van der Waals surface area contributed by atoms with Gasteiger partial charge >= 0.3 is 11.7 Å². The fourth-order valence-electron chi connectivity index (χ4n) is 1.75. The number of carbonyl (C=O) groups excluding carboxylic acids is 2. The molecule has 0 aliphatic carbocycles. The Hall–Kier alpha value is -2.88. The number of methoxy groups -OCH3 is 1. The molecule has 1 unspecified atom stereocenters. The maximum Gasteiger partial charge on any atom is 0.342 e. The summed E-state index contributed by atoms with van der Waals surface area (Å²) in [6.45, 7) is 1.56. The van der Waals surface area contributed by atoms with Gasteiger partial charge in [-0.2, -0.15) is 5.10 Å². The second-order valence-electron chi connectivity index (χ2n) is 4.60. The van der Waals surface area contributed by atoms with Gasteiger partial charge in [0, 0.05) is 0 Å². The molecule has 1 aromatic carbocycles. The second-order valence-corrected chi connectivity index (χ2v) is 5.93. The molecule has 1 heterocycles. The van der Waals surface area contributed by atoms with Crippen LogP contribution in [0.5, 0.6) is 0 Å². The number of nitrogens with zero attached hydrogens (tertiary/aromatic N) is 1. The van der Waals surface area contributed by atoms with E-state index in [-0.39, 0.29) is 10.6 Å². The van der Waals surface area contributed by atoms with Gasteiger partial charge in [0.15, 0.2) is 5.03 Å². The van der Waals surface area contributed by atoms with E-state index in [4.69, 9.17) is 0 Å². The summed E-state index contributed by atoms with van der Waals surface area (Å²) in [6, 6.07) is 6.39. The number of aromatic amines is 2. The van der Waals surface area contributed by atoms with Crippen molar-refractivity contribution in [3.05, 3.63) is 50.7 Å². The van der Waals surface area contributed by atoms with Crippen molar-refractivity contribution >= 4 is 29.3 Å². The fraction of sp³-hybridized carbons (Fsp3) is 0.214. The van der Waals surface area contributed by atoms with Gasteiger partial charge in [0.1, 0.15) is 0 Å². The molecule has 9 nitrogen and oxygen atoms in total. The number of amides is 1.